The normalized spacial score (nSPS) is 28.6. The van der Waals surface area contributed by atoms with Crippen LogP contribution in [0, 0.1) is 0 Å². The molecular weight excluding hydrogens is 1140 g/mol. The molecule has 12 N–H and O–H groups in total. The van der Waals surface area contributed by atoms with E-state index in [1.807, 2.05) is 6.08 Å². The molecule has 3 fully saturated rings. The van der Waals surface area contributed by atoms with Gasteiger partial charge in [-0.1, -0.05) is 242 Å². The first-order chi connectivity index (χ1) is 43.3. The van der Waals surface area contributed by atoms with Gasteiger partial charge < -0.3 is 89.9 Å². The molecule has 518 valence electrons. The fraction of sp³-hybridized carbons (Fsp3) is 0.843. The van der Waals surface area contributed by atoms with Crippen molar-refractivity contribution < 1.29 is 89.4 Å². The van der Waals surface area contributed by atoms with E-state index >= 15 is 0 Å². The third-order valence-electron chi connectivity index (χ3n) is 17.3. The van der Waals surface area contributed by atoms with Crippen molar-refractivity contribution in [2.75, 3.05) is 26.4 Å². The maximum absolute atomic E-state index is 13.4. The summed E-state index contributed by atoms with van der Waals surface area (Å²) in [6.45, 7) is 1.63. The predicted molar refractivity (Wildman–Crippen MR) is 346 cm³/mol. The van der Waals surface area contributed by atoms with E-state index in [2.05, 4.69) is 67.8 Å². The maximum Gasteiger partial charge on any atom is 0.220 e. The summed E-state index contributed by atoms with van der Waals surface area (Å²) >= 11 is 0. The van der Waals surface area contributed by atoms with E-state index in [1.165, 1.54) is 141 Å². The lowest BCUT2D eigenvalue weighted by Crippen LogP contribution is -2.66. The minimum absolute atomic E-state index is 0.241. The molecule has 3 rings (SSSR count). The number of unbranched alkanes of at least 4 members (excludes halogenated alkanes) is 29. The molecule has 19 nitrogen and oxygen atoms in total. The Morgan fingerprint density at radius 2 is 0.775 bits per heavy atom. The Morgan fingerprint density at radius 1 is 0.416 bits per heavy atom. The first kappa shape index (κ1) is 80.7. The summed E-state index contributed by atoms with van der Waals surface area (Å²) in [7, 11) is 0. The van der Waals surface area contributed by atoms with Crippen LogP contribution in [0.5, 0.6) is 0 Å². The van der Waals surface area contributed by atoms with E-state index in [4.69, 9.17) is 28.4 Å². The largest absolute Gasteiger partial charge is 0.394 e. The van der Waals surface area contributed by atoms with Crippen molar-refractivity contribution in [2.45, 2.75) is 349 Å². The molecular formula is C70H125NO18. The zero-order chi connectivity index (χ0) is 64.7. The number of allylic oxidation sites excluding steroid dienone is 9. The van der Waals surface area contributed by atoms with E-state index in [1.54, 1.807) is 6.08 Å². The second-order valence-corrected chi connectivity index (χ2v) is 25.0. The van der Waals surface area contributed by atoms with Gasteiger partial charge in [-0.3, -0.25) is 4.79 Å². The number of hydrogen-bond donors (Lipinski definition) is 12. The number of nitrogens with one attached hydrogen (secondary N) is 1. The summed E-state index contributed by atoms with van der Waals surface area (Å²) in [6.07, 6.45) is 36.2. The number of hydrogen-bond acceptors (Lipinski definition) is 18. The average molecular weight is 1270 g/mol. The van der Waals surface area contributed by atoms with Crippen LogP contribution in [0.2, 0.25) is 0 Å². The summed E-state index contributed by atoms with van der Waals surface area (Å²) < 4.78 is 34.4. The number of carbonyl (C=O) groups is 1. The van der Waals surface area contributed by atoms with Crippen LogP contribution in [0.3, 0.4) is 0 Å². The number of ether oxygens (including phenoxy) is 6. The third kappa shape index (κ3) is 33.9. The van der Waals surface area contributed by atoms with Crippen molar-refractivity contribution >= 4 is 5.91 Å². The molecule has 89 heavy (non-hydrogen) atoms. The van der Waals surface area contributed by atoms with Gasteiger partial charge in [0.2, 0.25) is 5.91 Å². The summed E-state index contributed by atoms with van der Waals surface area (Å²) in [6, 6.07) is -0.975. The van der Waals surface area contributed by atoms with E-state index in [0.29, 0.717) is 6.42 Å². The van der Waals surface area contributed by atoms with Crippen LogP contribution in [0.25, 0.3) is 0 Å². The highest BCUT2D eigenvalue weighted by Gasteiger charge is 2.53. The number of amides is 1. The van der Waals surface area contributed by atoms with E-state index in [0.717, 1.165) is 77.0 Å². The van der Waals surface area contributed by atoms with E-state index in [-0.39, 0.29) is 18.9 Å². The predicted octanol–water partition coefficient (Wildman–Crippen LogP) is 9.16. The Labute approximate surface area is 535 Å². The van der Waals surface area contributed by atoms with Crippen LogP contribution >= 0.6 is 0 Å². The van der Waals surface area contributed by atoms with Gasteiger partial charge in [-0.05, 0) is 57.8 Å². The smallest absolute Gasteiger partial charge is 0.220 e. The van der Waals surface area contributed by atoms with Crippen molar-refractivity contribution in [3.05, 3.63) is 60.8 Å². The Balaban J connectivity index is 1.42. The van der Waals surface area contributed by atoms with E-state index in [9.17, 15) is 61.0 Å². The molecule has 0 spiro atoms. The minimum atomic E-state index is -1.98. The summed E-state index contributed by atoms with van der Waals surface area (Å²) in [4.78, 5) is 13.4. The van der Waals surface area contributed by atoms with Gasteiger partial charge in [0.05, 0.1) is 38.6 Å². The van der Waals surface area contributed by atoms with Crippen molar-refractivity contribution in [1.82, 2.24) is 5.32 Å². The van der Waals surface area contributed by atoms with Crippen LogP contribution in [0.1, 0.15) is 245 Å². The fourth-order valence-electron chi connectivity index (χ4n) is 11.7. The third-order valence-corrected chi connectivity index (χ3v) is 17.3. The van der Waals surface area contributed by atoms with Crippen LogP contribution in [-0.4, -0.2) is 193 Å². The molecule has 0 saturated carbocycles. The van der Waals surface area contributed by atoms with Gasteiger partial charge in [-0.15, -0.1) is 0 Å². The Hall–Kier alpha value is -2.51. The molecule has 0 aromatic rings. The van der Waals surface area contributed by atoms with Crippen molar-refractivity contribution in [2.24, 2.45) is 0 Å². The van der Waals surface area contributed by atoms with Crippen molar-refractivity contribution in [3.8, 4) is 0 Å². The first-order valence-corrected chi connectivity index (χ1v) is 35.0. The van der Waals surface area contributed by atoms with Crippen LogP contribution < -0.4 is 5.32 Å². The molecule has 3 heterocycles. The molecule has 17 unspecified atom stereocenters. The van der Waals surface area contributed by atoms with Gasteiger partial charge >= 0.3 is 0 Å². The highest BCUT2D eigenvalue weighted by Crippen LogP contribution is 2.33. The number of aliphatic hydroxyl groups excluding tert-OH is 11. The van der Waals surface area contributed by atoms with Crippen molar-refractivity contribution in [3.63, 3.8) is 0 Å². The average Bonchev–Trinajstić information content (AvgIpc) is 2.46. The molecule has 0 radical (unpaired) electrons. The summed E-state index contributed by atoms with van der Waals surface area (Å²) in [5.41, 5.74) is 0. The maximum atomic E-state index is 13.4. The summed E-state index contributed by atoms with van der Waals surface area (Å²) in [5.74, 6) is -0.276. The number of aliphatic hydroxyl groups is 11. The lowest BCUT2D eigenvalue weighted by Gasteiger charge is -2.48. The number of rotatable bonds is 53. The van der Waals surface area contributed by atoms with Crippen LogP contribution in [0.4, 0.5) is 0 Å². The highest BCUT2D eigenvalue weighted by atomic mass is 16.8. The SMILES string of the molecule is CC/C=C\C/C=C\C/C=C\C/C=C\CCCCCCCCCCCCCCCCC(=O)NC(COC1OC(CO)C(OC2OC(CO)C(OC3OC(CO)C(O)C(O)C3O)C(O)C2O)C(O)C1O)C(O)/C=C/CCCCCCCCCCCCCCCCC. The molecule has 0 aromatic carbocycles. The lowest BCUT2D eigenvalue weighted by atomic mass is 9.96. The molecule has 3 saturated heterocycles. The quantitative estimate of drug-likeness (QED) is 0.0199. The topological polar surface area (TPSA) is 307 Å². The zero-order valence-electron chi connectivity index (χ0n) is 54.6. The first-order valence-electron chi connectivity index (χ1n) is 35.0. The summed E-state index contributed by atoms with van der Waals surface area (Å²) in [5, 5.41) is 121. The van der Waals surface area contributed by atoms with Gasteiger partial charge in [0.25, 0.3) is 0 Å². The molecule has 19 heteroatoms. The molecule has 17 atom stereocenters. The molecule has 3 aliphatic heterocycles. The van der Waals surface area contributed by atoms with Gasteiger partial charge in [-0.2, -0.15) is 0 Å². The molecule has 3 aliphatic rings. The zero-order valence-corrected chi connectivity index (χ0v) is 54.6. The van der Waals surface area contributed by atoms with Gasteiger partial charge in [0.1, 0.15) is 73.2 Å². The lowest BCUT2D eigenvalue weighted by molar-refractivity contribution is -0.379. The molecule has 1 amide bonds. The fourth-order valence-corrected chi connectivity index (χ4v) is 11.7. The van der Waals surface area contributed by atoms with Crippen molar-refractivity contribution in [1.29, 1.82) is 0 Å². The Bertz CT molecular complexity index is 1850. The molecule has 0 aromatic heterocycles. The van der Waals surface area contributed by atoms with Gasteiger partial charge in [0.15, 0.2) is 18.9 Å². The number of carbonyl (C=O) groups excluding carboxylic acids is 1. The van der Waals surface area contributed by atoms with Gasteiger partial charge in [-0.25, -0.2) is 0 Å². The minimum Gasteiger partial charge on any atom is -0.394 e. The second kappa shape index (κ2) is 51.8. The van der Waals surface area contributed by atoms with Crippen LogP contribution in [-0.2, 0) is 33.2 Å². The van der Waals surface area contributed by atoms with Gasteiger partial charge in [0, 0.05) is 6.42 Å². The van der Waals surface area contributed by atoms with E-state index < -0.39 is 124 Å². The van der Waals surface area contributed by atoms with Crippen LogP contribution in [0.15, 0.2) is 60.8 Å². The second-order valence-electron chi connectivity index (χ2n) is 25.0. The molecule has 0 bridgehead atoms. The Morgan fingerprint density at radius 3 is 1.21 bits per heavy atom. The highest BCUT2D eigenvalue weighted by molar-refractivity contribution is 5.76. The standard InChI is InChI=1S/C70H125NO18/c1-3-5-7-9-11-13-15-17-19-21-22-23-24-25-26-27-28-29-30-32-34-36-38-40-42-44-46-48-58(76)71-53(54(75)47-45-43-41-39-37-35-33-31-20-18-16-14-12-10-8-6-4-2)52-84-68-64(82)61(79)66(56(50-73)86-68)89-70-65(83)62(80)67(57(51-74)87-70)88-69-63(81)60(78)59(77)55(49-72)85-69/h5,7,11,13,17,19,22-23,45,47,53-57,59-70,72-75,77-83H,3-4,6,8-10,12,14-16,18,20-21,24-44,46,48-52H2,1-2H3,(H,71,76)/b7-5-,13-11-,19-17-,23-22-,47-45+. The monoisotopic (exact) mass is 1270 g/mol. The molecule has 0 aliphatic carbocycles. The Kier molecular flexibility index (Phi) is 47.0.